The number of nitro groups is 1. The fourth-order valence-corrected chi connectivity index (χ4v) is 1.87. The molecule has 6 heteroatoms. The maximum Gasteiger partial charge on any atom is 0.273 e. The molecule has 0 bridgehead atoms. The molecule has 0 aliphatic rings. The van der Waals surface area contributed by atoms with Crippen molar-refractivity contribution in [3.8, 4) is 5.75 Å². The molecule has 6 nitrogen and oxygen atoms in total. The molecule has 0 unspecified atom stereocenters. The quantitative estimate of drug-likeness (QED) is 0.507. The summed E-state index contributed by atoms with van der Waals surface area (Å²) in [5.74, 6) is 0.756. The Labute approximate surface area is 116 Å². The van der Waals surface area contributed by atoms with Gasteiger partial charge in [-0.05, 0) is 36.8 Å². The molecule has 0 saturated carbocycles. The number of aryl methyl sites for hydroxylation is 1. The molecule has 3 N–H and O–H groups in total. The van der Waals surface area contributed by atoms with Crippen LogP contribution in [0.5, 0.6) is 5.75 Å². The smallest absolute Gasteiger partial charge is 0.273 e. The molecule has 0 aromatic heterocycles. The third-order valence-corrected chi connectivity index (χ3v) is 2.86. The number of anilines is 3. The number of rotatable bonds is 4. The topological polar surface area (TPSA) is 90.4 Å². The van der Waals surface area contributed by atoms with E-state index in [9.17, 15) is 10.1 Å². The number of hydrogen-bond donors (Lipinski definition) is 2. The number of methoxy groups -OCH3 is 1. The van der Waals surface area contributed by atoms with Crippen LogP contribution in [0, 0.1) is 17.0 Å². The number of nitrogens with zero attached hydrogens (tertiary/aromatic N) is 1. The number of non-ortho nitro benzene ring substituents is 1. The van der Waals surface area contributed by atoms with E-state index in [-0.39, 0.29) is 5.69 Å². The molecule has 2 aromatic carbocycles. The fraction of sp³-hybridized carbons (Fsp3) is 0.143. The predicted octanol–water partition coefficient (Wildman–Crippen LogP) is 3.24. The first-order valence-corrected chi connectivity index (χ1v) is 5.96. The van der Waals surface area contributed by atoms with Gasteiger partial charge >= 0.3 is 0 Å². The van der Waals surface area contributed by atoms with Crippen LogP contribution in [0.2, 0.25) is 0 Å². The van der Waals surface area contributed by atoms with Gasteiger partial charge in [0.2, 0.25) is 0 Å². The lowest BCUT2D eigenvalue weighted by atomic mass is 10.1. The average molecular weight is 273 g/mol. The van der Waals surface area contributed by atoms with E-state index in [1.807, 2.05) is 25.1 Å². The number of nitrogen functional groups attached to an aromatic ring is 1. The molecular weight excluding hydrogens is 258 g/mol. The third-order valence-electron chi connectivity index (χ3n) is 2.86. The van der Waals surface area contributed by atoms with Crippen LogP contribution in [0.25, 0.3) is 0 Å². The molecular formula is C14H15N3O3. The second-order valence-electron chi connectivity index (χ2n) is 4.38. The van der Waals surface area contributed by atoms with E-state index in [1.54, 1.807) is 13.2 Å². The zero-order valence-corrected chi connectivity index (χ0v) is 11.2. The van der Waals surface area contributed by atoms with Crippen LogP contribution in [0.1, 0.15) is 5.56 Å². The highest BCUT2D eigenvalue weighted by molar-refractivity contribution is 5.69. The molecule has 0 aliphatic heterocycles. The van der Waals surface area contributed by atoms with Crippen molar-refractivity contribution in [3.05, 3.63) is 52.1 Å². The Hall–Kier alpha value is -2.76. The lowest BCUT2D eigenvalue weighted by Crippen LogP contribution is -1.97. The molecule has 0 amide bonds. The molecule has 2 rings (SSSR count). The molecule has 0 radical (unpaired) electrons. The molecule has 0 fully saturated rings. The second-order valence-corrected chi connectivity index (χ2v) is 4.38. The first-order valence-electron chi connectivity index (χ1n) is 5.96. The van der Waals surface area contributed by atoms with E-state index in [0.29, 0.717) is 11.4 Å². The summed E-state index contributed by atoms with van der Waals surface area (Å²) in [5.41, 5.74) is 8.35. The maximum absolute atomic E-state index is 10.8. The summed E-state index contributed by atoms with van der Waals surface area (Å²) < 4.78 is 5.13. The van der Waals surface area contributed by atoms with Crippen molar-refractivity contribution in [2.45, 2.75) is 6.92 Å². The second kappa shape index (κ2) is 5.48. The molecule has 104 valence electrons. The highest BCUT2D eigenvalue weighted by Crippen LogP contribution is 2.28. The lowest BCUT2D eigenvalue weighted by molar-refractivity contribution is -0.384. The molecule has 2 aromatic rings. The van der Waals surface area contributed by atoms with Crippen LogP contribution in [0.4, 0.5) is 22.7 Å². The van der Waals surface area contributed by atoms with Gasteiger partial charge in [0.05, 0.1) is 12.0 Å². The number of nitrogens with one attached hydrogen (secondary N) is 1. The Morgan fingerprint density at radius 1 is 1.25 bits per heavy atom. The van der Waals surface area contributed by atoms with Crippen molar-refractivity contribution in [3.63, 3.8) is 0 Å². The summed E-state index contributed by atoms with van der Waals surface area (Å²) >= 11 is 0. The van der Waals surface area contributed by atoms with Crippen molar-refractivity contribution in [2.75, 3.05) is 18.2 Å². The van der Waals surface area contributed by atoms with E-state index in [1.165, 1.54) is 12.1 Å². The van der Waals surface area contributed by atoms with Crippen molar-refractivity contribution < 1.29 is 9.66 Å². The Balaban J connectivity index is 2.32. The van der Waals surface area contributed by atoms with Crippen LogP contribution >= 0.6 is 0 Å². The van der Waals surface area contributed by atoms with Crippen molar-refractivity contribution >= 4 is 22.7 Å². The van der Waals surface area contributed by atoms with Gasteiger partial charge < -0.3 is 15.8 Å². The minimum Gasteiger partial charge on any atom is -0.497 e. The first kappa shape index (κ1) is 13.7. The Bertz CT molecular complexity index is 656. The third kappa shape index (κ3) is 2.97. The van der Waals surface area contributed by atoms with Crippen LogP contribution in [-0.2, 0) is 0 Å². The van der Waals surface area contributed by atoms with Gasteiger partial charge in [0, 0.05) is 29.2 Å². The predicted molar refractivity (Wildman–Crippen MR) is 78.5 cm³/mol. The van der Waals surface area contributed by atoms with E-state index in [0.717, 1.165) is 17.0 Å². The van der Waals surface area contributed by atoms with Gasteiger partial charge in [-0.1, -0.05) is 0 Å². The van der Waals surface area contributed by atoms with Gasteiger partial charge in [0.25, 0.3) is 5.69 Å². The van der Waals surface area contributed by atoms with Gasteiger partial charge in [0.15, 0.2) is 0 Å². The molecule has 20 heavy (non-hydrogen) atoms. The molecule has 0 heterocycles. The van der Waals surface area contributed by atoms with Crippen LogP contribution in [0.15, 0.2) is 36.4 Å². The number of nitrogens with two attached hydrogens (primary N) is 1. The summed E-state index contributed by atoms with van der Waals surface area (Å²) in [7, 11) is 1.60. The summed E-state index contributed by atoms with van der Waals surface area (Å²) in [6.07, 6.45) is 0. The Kier molecular flexibility index (Phi) is 3.74. The minimum absolute atomic E-state index is 0.0429. The van der Waals surface area contributed by atoms with Gasteiger partial charge in [-0.2, -0.15) is 0 Å². The van der Waals surface area contributed by atoms with Crippen molar-refractivity contribution in [1.82, 2.24) is 0 Å². The fourth-order valence-electron chi connectivity index (χ4n) is 1.87. The normalized spacial score (nSPS) is 10.1. The number of hydrogen-bond acceptors (Lipinski definition) is 5. The SMILES string of the molecule is COc1ccc(Nc2cc(N)cc([N+](=O)[O-])c2)c(C)c1. The van der Waals surface area contributed by atoms with Crippen LogP contribution in [0.3, 0.4) is 0 Å². The number of benzene rings is 2. The van der Waals surface area contributed by atoms with Gasteiger partial charge in [-0.25, -0.2) is 0 Å². The standard InChI is InChI=1S/C14H15N3O3/c1-9-5-13(20-2)3-4-14(9)16-11-6-10(15)7-12(8-11)17(18)19/h3-8,16H,15H2,1-2H3. The lowest BCUT2D eigenvalue weighted by Gasteiger charge is -2.11. The number of ether oxygens (including phenoxy) is 1. The molecule has 0 saturated heterocycles. The van der Waals surface area contributed by atoms with Crippen molar-refractivity contribution in [2.24, 2.45) is 0 Å². The van der Waals surface area contributed by atoms with E-state index >= 15 is 0 Å². The van der Waals surface area contributed by atoms with Gasteiger partial charge in [-0.15, -0.1) is 0 Å². The highest BCUT2D eigenvalue weighted by atomic mass is 16.6. The van der Waals surface area contributed by atoms with E-state index in [4.69, 9.17) is 10.5 Å². The van der Waals surface area contributed by atoms with Gasteiger partial charge in [0.1, 0.15) is 5.75 Å². The van der Waals surface area contributed by atoms with E-state index in [2.05, 4.69) is 5.32 Å². The van der Waals surface area contributed by atoms with Crippen molar-refractivity contribution in [1.29, 1.82) is 0 Å². The molecule has 0 aliphatic carbocycles. The Morgan fingerprint density at radius 2 is 2.00 bits per heavy atom. The summed E-state index contributed by atoms with van der Waals surface area (Å²) in [4.78, 5) is 10.3. The zero-order chi connectivity index (χ0) is 14.7. The van der Waals surface area contributed by atoms with E-state index < -0.39 is 4.92 Å². The van der Waals surface area contributed by atoms with Gasteiger partial charge in [-0.3, -0.25) is 10.1 Å². The summed E-state index contributed by atoms with van der Waals surface area (Å²) in [6, 6.07) is 9.96. The summed E-state index contributed by atoms with van der Waals surface area (Å²) in [5, 5.41) is 13.9. The maximum atomic E-state index is 10.8. The zero-order valence-electron chi connectivity index (χ0n) is 11.2. The molecule has 0 spiro atoms. The average Bonchev–Trinajstić information content (AvgIpc) is 2.40. The number of nitro benzene ring substituents is 1. The summed E-state index contributed by atoms with van der Waals surface area (Å²) in [6.45, 7) is 1.92. The molecule has 0 atom stereocenters. The Morgan fingerprint density at radius 3 is 2.60 bits per heavy atom. The minimum atomic E-state index is -0.470. The largest absolute Gasteiger partial charge is 0.497 e. The van der Waals surface area contributed by atoms with Crippen LogP contribution < -0.4 is 15.8 Å². The van der Waals surface area contributed by atoms with Crippen LogP contribution in [-0.4, -0.2) is 12.0 Å². The highest BCUT2D eigenvalue weighted by Gasteiger charge is 2.09. The first-order chi connectivity index (χ1) is 9.49. The monoisotopic (exact) mass is 273 g/mol.